The lowest BCUT2D eigenvalue weighted by molar-refractivity contribution is -0.157. The maximum atomic E-state index is 11.3. The van der Waals surface area contributed by atoms with E-state index in [0.717, 1.165) is 7.11 Å². The Bertz CT molecular complexity index is 385. The first-order chi connectivity index (χ1) is 7.44. The van der Waals surface area contributed by atoms with Crippen LogP contribution in [0, 0.1) is 0 Å². The summed E-state index contributed by atoms with van der Waals surface area (Å²) in [5.41, 5.74) is 3.91. The average Bonchev–Trinajstić information content (AvgIpc) is 2.30. The second-order valence-electron chi connectivity index (χ2n) is 3.35. The first-order valence-corrected chi connectivity index (χ1v) is 4.51. The fourth-order valence-corrected chi connectivity index (χ4v) is 1.39. The SMILES string of the molecule is COC(=O)C1=C(N)C=CC(O)(C(=O)OC)C1. The molecule has 6 nitrogen and oxygen atoms in total. The molecule has 1 atom stereocenters. The van der Waals surface area contributed by atoms with E-state index in [1.54, 1.807) is 0 Å². The third kappa shape index (κ3) is 2.06. The van der Waals surface area contributed by atoms with Gasteiger partial charge in [-0.05, 0) is 12.2 Å². The number of hydrogen-bond donors (Lipinski definition) is 2. The molecule has 1 aliphatic rings. The van der Waals surface area contributed by atoms with Crippen LogP contribution in [0.2, 0.25) is 0 Å². The highest BCUT2D eigenvalue weighted by Crippen LogP contribution is 2.27. The van der Waals surface area contributed by atoms with E-state index in [1.165, 1.54) is 19.3 Å². The van der Waals surface area contributed by atoms with Gasteiger partial charge in [-0.1, -0.05) is 0 Å². The third-order valence-electron chi connectivity index (χ3n) is 2.30. The van der Waals surface area contributed by atoms with Gasteiger partial charge in [0.1, 0.15) is 0 Å². The molecule has 1 unspecified atom stereocenters. The van der Waals surface area contributed by atoms with Crippen LogP contribution in [0.15, 0.2) is 23.4 Å². The molecule has 0 saturated carbocycles. The minimum absolute atomic E-state index is 0.0536. The van der Waals surface area contributed by atoms with Crippen LogP contribution in [0.4, 0.5) is 0 Å². The molecule has 0 spiro atoms. The lowest BCUT2D eigenvalue weighted by Gasteiger charge is -2.25. The van der Waals surface area contributed by atoms with Gasteiger partial charge in [0.05, 0.1) is 19.8 Å². The number of allylic oxidation sites excluding steroid dienone is 1. The topological polar surface area (TPSA) is 98.9 Å². The molecule has 0 aromatic rings. The highest BCUT2D eigenvalue weighted by molar-refractivity contribution is 5.93. The summed E-state index contributed by atoms with van der Waals surface area (Å²) in [6.45, 7) is 0. The highest BCUT2D eigenvalue weighted by Gasteiger charge is 2.40. The van der Waals surface area contributed by atoms with E-state index in [4.69, 9.17) is 5.73 Å². The Labute approximate surface area is 92.3 Å². The molecule has 0 aromatic heterocycles. The number of nitrogens with two attached hydrogens (primary N) is 1. The Morgan fingerprint density at radius 3 is 2.56 bits per heavy atom. The molecule has 16 heavy (non-hydrogen) atoms. The summed E-state index contributed by atoms with van der Waals surface area (Å²) in [6, 6.07) is 0. The number of rotatable bonds is 2. The summed E-state index contributed by atoms with van der Waals surface area (Å²) < 4.78 is 8.93. The van der Waals surface area contributed by atoms with Crippen LogP contribution < -0.4 is 5.73 Å². The van der Waals surface area contributed by atoms with Gasteiger partial charge in [0.2, 0.25) is 0 Å². The van der Waals surface area contributed by atoms with E-state index < -0.39 is 17.5 Å². The maximum Gasteiger partial charge on any atom is 0.342 e. The Morgan fingerprint density at radius 1 is 1.44 bits per heavy atom. The molecule has 0 radical (unpaired) electrons. The van der Waals surface area contributed by atoms with E-state index in [2.05, 4.69) is 9.47 Å². The highest BCUT2D eigenvalue weighted by atomic mass is 16.5. The van der Waals surface area contributed by atoms with Crippen molar-refractivity contribution in [2.24, 2.45) is 5.73 Å². The van der Waals surface area contributed by atoms with E-state index in [9.17, 15) is 14.7 Å². The quantitative estimate of drug-likeness (QED) is 0.601. The third-order valence-corrected chi connectivity index (χ3v) is 2.30. The van der Waals surface area contributed by atoms with E-state index in [1.807, 2.05) is 0 Å². The normalized spacial score (nSPS) is 24.2. The minimum atomic E-state index is -1.86. The van der Waals surface area contributed by atoms with Gasteiger partial charge in [-0.2, -0.15) is 0 Å². The monoisotopic (exact) mass is 227 g/mol. The zero-order chi connectivity index (χ0) is 12.3. The van der Waals surface area contributed by atoms with Crippen LogP contribution in [0.5, 0.6) is 0 Å². The summed E-state index contributed by atoms with van der Waals surface area (Å²) >= 11 is 0. The van der Waals surface area contributed by atoms with Gasteiger partial charge in [0, 0.05) is 12.1 Å². The van der Waals surface area contributed by atoms with Crippen LogP contribution in [0.25, 0.3) is 0 Å². The molecule has 0 fully saturated rings. The summed E-state index contributed by atoms with van der Waals surface area (Å²) in [5, 5.41) is 9.91. The van der Waals surface area contributed by atoms with Gasteiger partial charge in [0.15, 0.2) is 5.60 Å². The zero-order valence-corrected chi connectivity index (χ0v) is 9.02. The molecule has 6 heteroatoms. The number of esters is 2. The molecule has 1 aliphatic carbocycles. The summed E-state index contributed by atoms with van der Waals surface area (Å²) in [5.74, 6) is -1.53. The number of carbonyl (C=O) groups excluding carboxylic acids is 2. The average molecular weight is 227 g/mol. The van der Waals surface area contributed by atoms with Gasteiger partial charge in [-0.25, -0.2) is 9.59 Å². The predicted octanol–water partition coefficient (Wildman–Crippen LogP) is -0.764. The van der Waals surface area contributed by atoms with Crippen LogP contribution in [-0.4, -0.2) is 36.9 Å². The van der Waals surface area contributed by atoms with Crippen LogP contribution >= 0.6 is 0 Å². The van der Waals surface area contributed by atoms with E-state index >= 15 is 0 Å². The Morgan fingerprint density at radius 2 is 2.06 bits per heavy atom. The van der Waals surface area contributed by atoms with Crippen LogP contribution in [-0.2, 0) is 19.1 Å². The smallest absolute Gasteiger partial charge is 0.342 e. The predicted molar refractivity (Wildman–Crippen MR) is 54.0 cm³/mol. The van der Waals surface area contributed by atoms with Gasteiger partial charge in [-0.3, -0.25) is 0 Å². The molecule has 0 aliphatic heterocycles. The van der Waals surface area contributed by atoms with E-state index in [0.29, 0.717) is 0 Å². The molecule has 0 bridgehead atoms. The van der Waals surface area contributed by atoms with Crippen molar-refractivity contribution in [2.75, 3.05) is 14.2 Å². The molecule has 88 valence electrons. The number of aliphatic hydroxyl groups is 1. The molecular weight excluding hydrogens is 214 g/mol. The van der Waals surface area contributed by atoms with Crippen LogP contribution in [0.3, 0.4) is 0 Å². The van der Waals surface area contributed by atoms with E-state index in [-0.39, 0.29) is 17.7 Å². The van der Waals surface area contributed by atoms with Crippen molar-refractivity contribution in [1.82, 2.24) is 0 Å². The Hall–Kier alpha value is -1.82. The maximum absolute atomic E-state index is 11.3. The fourth-order valence-electron chi connectivity index (χ4n) is 1.39. The second-order valence-corrected chi connectivity index (χ2v) is 3.35. The first kappa shape index (κ1) is 12.3. The van der Waals surface area contributed by atoms with Crippen molar-refractivity contribution < 1.29 is 24.2 Å². The van der Waals surface area contributed by atoms with Crippen LogP contribution in [0.1, 0.15) is 6.42 Å². The summed E-state index contributed by atoms with van der Waals surface area (Å²) in [7, 11) is 2.34. The molecule has 0 aromatic carbocycles. The fraction of sp³-hybridized carbons (Fsp3) is 0.400. The molecule has 0 saturated heterocycles. The lowest BCUT2D eigenvalue weighted by atomic mass is 9.88. The van der Waals surface area contributed by atoms with Crippen molar-refractivity contribution in [3.63, 3.8) is 0 Å². The number of hydrogen-bond acceptors (Lipinski definition) is 6. The lowest BCUT2D eigenvalue weighted by Crippen LogP contribution is -2.41. The first-order valence-electron chi connectivity index (χ1n) is 4.51. The van der Waals surface area contributed by atoms with Crippen molar-refractivity contribution in [3.8, 4) is 0 Å². The van der Waals surface area contributed by atoms with Gasteiger partial charge < -0.3 is 20.3 Å². The summed E-state index contributed by atoms with van der Waals surface area (Å²) in [4.78, 5) is 22.6. The molecule has 0 heterocycles. The number of methoxy groups -OCH3 is 2. The van der Waals surface area contributed by atoms with Crippen molar-refractivity contribution in [1.29, 1.82) is 0 Å². The van der Waals surface area contributed by atoms with Crippen molar-refractivity contribution in [3.05, 3.63) is 23.4 Å². The molecule has 3 N–H and O–H groups in total. The van der Waals surface area contributed by atoms with Crippen molar-refractivity contribution >= 4 is 11.9 Å². The summed E-state index contributed by atoms with van der Waals surface area (Å²) in [6.07, 6.45) is 2.22. The standard InChI is InChI=1S/C10H13NO5/c1-15-8(12)6-5-10(14,9(13)16-2)4-3-7(6)11/h3-4,14H,5,11H2,1-2H3. The second kappa shape index (κ2) is 4.36. The zero-order valence-electron chi connectivity index (χ0n) is 9.02. The Kier molecular flexibility index (Phi) is 3.34. The molecule has 1 rings (SSSR count). The number of carbonyl (C=O) groups is 2. The molecule has 0 amide bonds. The van der Waals surface area contributed by atoms with Crippen molar-refractivity contribution in [2.45, 2.75) is 12.0 Å². The minimum Gasteiger partial charge on any atom is -0.467 e. The van der Waals surface area contributed by atoms with Gasteiger partial charge in [-0.15, -0.1) is 0 Å². The largest absolute Gasteiger partial charge is 0.467 e. The van der Waals surface area contributed by atoms with Gasteiger partial charge in [0.25, 0.3) is 0 Å². The number of ether oxygens (including phenoxy) is 2. The van der Waals surface area contributed by atoms with Gasteiger partial charge >= 0.3 is 11.9 Å². The molecular formula is C10H13NO5. The Balaban J connectivity index is 3.02.